The predicted octanol–water partition coefficient (Wildman–Crippen LogP) is 1.93. The average molecular weight is 500 g/mol. The molecular weight excluding hydrogens is 465 g/mol. The molecule has 0 spiro atoms. The number of H-pyrrole nitrogens is 1. The molecule has 1 fully saturated rings. The fourth-order valence-electron chi connectivity index (χ4n) is 3.86. The summed E-state index contributed by atoms with van der Waals surface area (Å²) in [5.74, 6) is 0.301. The zero-order valence-electron chi connectivity index (χ0n) is 20.3. The molecular formula is C22H34N3O8P. The van der Waals surface area contributed by atoms with Gasteiger partial charge in [0.2, 0.25) is 0 Å². The van der Waals surface area contributed by atoms with E-state index in [-0.39, 0.29) is 24.8 Å². The fraction of sp³-hybridized carbons (Fsp3) is 0.682. The largest absolute Gasteiger partial charge is 0.388 e. The van der Waals surface area contributed by atoms with Gasteiger partial charge in [0.1, 0.15) is 24.0 Å². The number of hydrogen-bond donors (Lipinski definition) is 5. The van der Waals surface area contributed by atoms with Gasteiger partial charge in [0.25, 0.3) is 5.56 Å². The van der Waals surface area contributed by atoms with E-state index in [0.29, 0.717) is 11.5 Å². The molecule has 12 heteroatoms. The van der Waals surface area contributed by atoms with Gasteiger partial charge in [-0.3, -0.25) is 9.36 Å². The summed E-state index contributed by atoms with van der Waals surface area (Å²) in [6.45, 7) is 9.70. The highest BCUT2D eigenvalue weighted by molar-refractivity contribution is 7.54. The normalized spacial score (nSPS) is 28.4. The molecule has 190 valence electrons. The minimum absolute atomic E-state index is 0.00435. The number of nitrogens with one attached hydrogen (secondary N) is 1. The summed E-state index contributed by atoms with van der Waals surface area (Å²) in [5, 5.41) is 29.7. The standard InChI is InChI=1S/C22H34N3O8P/c1-7-21(5,33-34(30,31)22(6,29)8-2)10-15-16(26)17(27)18(32-15)13-9-14-19(25-20(13)28)24-12(4)11(3)23-14/h9,15-18,26-27,29H,7-8,10H2,1-6H3,(H,30,31)(H,24,25,28)/t15-,16?,17+,18+,21?,22?/m1/s1. The summed E-state index contributed by atoms with van der Waals surface area (Å²) >= 11 is 0. The summed E-state index contributed by atoms with van der Waals surface area (Å²) in [6.07, 6.45) is -4.82. The van der Waals surface area contributed by atoms with E-state index in [1.807, 2.05) is 6.92 Å². The highest BCUT2D eigenvalue weighted by Gasteiger charge is 2.51. The van der Waals surface area contributed by atoms with Crippen LogP contribution in [0.15, 0.2) is 10.9 Å². The lowest BCUT2D eigenvalue weighted by atomic mass is 9.92. The SMILES string of the molecule is CCC(C)(C[C@H]1O[C@@H](c2cc3nc(C)c(C)[nH]c-3nc2=O)[C@@H](O)C1O)OP(=O)(O)C(C)(O)CC. The Kier molecular flexibility index (Phi) is 7.42. The second kappa shape index (κ2) is 9.39. The first kappa shape index (κ1) is 26.9. The van der Waals surface area contributed by atoms with Crippen molar-refractivity contribution in [2.75, 3.05) is 0 Å². The number of aliphatic hydroxyl groups is 3. The number of aryl methyl sites for hydroxylation is 2. The highest BCUT2D eigenvalue weighted by atomic mass is 31.2. The Bertz CT molecular complexity index is 1120. The first-order chi connectivity index (χ1) is 15.6. The maximum atomic E-state index is 12.7. The molecule has 5 N–H and O–H groups in total. The van der Waals surface area contributed by atoms with Crippen LogP contribution in [0, 0.1) is 13.8 Å². The van der Waals surface area contributed by atoms with E-state index in [1.54, 1.807) is 27.7 Å². The van der Waals surface area contributed by atoms with Crippen LogP contribution in [0.1, 0.15) is 70.0 Å². The van der Waals surface area contributed by atoms with Gasteiger partial charge in [-0.25, -0.2) is 4.98 Å². The Morgan fingerprint density at radius 2 is 1.82 bits per heavy atom. The van der Waals surface area contributed by atoms with E-state index in [2.05, 4.69) is 15.0 Å². The van der Waals surface area contributed by atoms with Gasteiger partial charge in [-0.15, -0.1) is 0 Å². The summed E-state index contributed by atoms with van der Waals surface area (Å²) in [6, 6.07) is 1.48. The predicted molar refractivity (Wildman–Crippen MR) is 124 cm³/mol. The van der Waals surface area contributed by atoms with Gasteiger partial charge < -0.3 is 34.5 Å². The van der Waals surface area contributed by atoms with Crippen molar-refractivity contribution in [2.24, 2.45) is 0 Å². The third kappa shape index (κ3) is 4.97. The second-order valence-electron chi connectivity index (χ2n) is 9.46. The number of nitrogens with zero attached hydrogens (tertiary/aromatic N) is 2. The van der Waals surface area contributed by atoms with Crippen LogP contribution in [0.4, 0.5) is 0 Å². The molecule has 3 aliphatic rings. The van der Waals surface area contributed by atoms with Gasteiger partial charge in [-0.1, -0.05) is 13.8 Å². The quantitative estimate of drug-likeness (QED) is 0.337. The molecule has 3 rings (SSSR count). The molecule has 34 heavy (non-hydrogen) atoms. The molecule has 1 saturated heterocycles. The third-order valence-corrected chi connectivity index (χ3v) is 9.03. The second-order valence-corrected chi connectivity index (χ2v) is 11.7. The van der Waals surface area contributed by atoms with Gasteiger partial charge in [0, 0.05) is 12.1 Å². The van der Waals surface area contributed by atoms with Crippen LogP contribution in [0.5, 0.6) is 0 Å². The van der Waals surface area contributed by atoms with E-state index in [4.69, 9.17) is 9.26 Å². The molecule has 3 heterocycles. The van der Waals surface area contributed by atoms with Gasteiger partial charge >= 0.3 is 7.60 Å². The van der Waals surface area contributed by atoms with Gasteiger partial charge in [-0.2, -0.15) is 4.98 Å². The molecule has 7 atom stereocenters. The van der Waals surface area contributed by atoms with Crippen LogP contribution in [-0.4, -0.2) is 64.4 Å². The van der Waals surface area contributed by atoms with Crippen molar-refractivity contribution >= 4 is 7.60 Å². The lowest BCUT2D eigenvalue weighted by Crippen LogP contribution is -2.40. The molecule has 0 aromatic heterocycles. The number of rotatable bonds is 8. The summed E-state index contributed by atoms with van der Waals surface area (Å²) in [4.78, 5) is 34.5. The molecule has 0 aromatic rings. The molecule has 4 unspecified atom stereocenters. The molecule has 3 aliphatic heterocycles. The summed E-state index contributed by atoms with van der Waals surface area (Å²) < 4.78 is 24.1. The van der Waals surface area contributed by atoms with E-state index < -0.39 is 48.5 Å². The fourth-order valence-corrected chi connectivity index (χ4v) is 5.25. The smallest absolute Gasteiger partial charge is 0.359 e. The molecule has 0 aliphatic carbocycles. The van der Waals surface area contributed by atoms with Crippen molar-refractivity contribution in [3.63, 3.8) is 0 Å². The van der Waals surface area contributed by atoms with Crippen molar-refractivity contribution in [3.05, 3.63) is 33.4 Å². The van der Waals surface area contributed by atoms with Crippen molar-refractivity contribution in [3.8, 4) is 11.5 Å². The van der Waals surface area contributed by atoms with Crippen molar-refractivity contribution in [1.29, 1.82) is 0 Å². The summed E-state index contributed by atoms with van der Waals surface area (Å²) in [7, 11) is -4.46. The van der Waals surface area contributed by atoms with Gasteiger partial charge in [0.05, 0.1) is 23.0 Å². The minimum atomic E-state index is -4.46. The van der Waals surface area contributed by atoms with Crippen molar-refractivity contribution < 1.29 is 34.0 Å². The third-order valence-electron chi connectivity index (χ3n) is 6.80. The Hall–Kier alpha value is -1.72. The van der Waals surface area contributed by atoms with Crippen LogP contribution in [0.2, 0.25) is 0 Å². The lowest BCUT2D eigenvalue weighted by Gasteiger charge is -2.37. The first-order valence-corrected chi connectivity index (χ1v) is 12.9. The number of aliphatic hydroxyl groups excluding tert-OH is 2. The topological polar surface area (TPSA) is 175 Å². The molecule has 11 nitrogen and oxygen atoms in total. The van der Waals surface area contributed by atoms with Crippen LogP contribution in [-0.2, 0) is 13.8 Å². The Labute approximate surface area is 198 Å². The zero-order valence-corrected chi connectivity index (χ0v) is 21.2. The maximum Gasteiger partial charge on any atom is 0.359 e. The Balaban J connectivity index is 1.88. The van der Waals surface area contributed by atoms with E-state index in [0.717, 1.165) is 11.4 Å². The van der Waals surface area contributed by atoms with E-state index >= 15 is 0 Å². The number of fused-ring (bicyclic) bond motifs is 1. The molecule has 0 radical (unpaired) electrons. The zero-order chi connectivity index (χ0) is 25.6. The molecule has 0 bridgehead atoms. The molecule has 0 amide bonds. The monoisotopic (exact) mass is 499 g/mol. The van der Waals surface area contributed by atoms with Crippen LogP contribution in [0.25, 0.3) is 11.5 Å². The van der Waals surface area contributed by atoms with Gasteiger partial charge in [-0.05, 0) is 46.6 Å². The van der Waals surface area contributed by atoms with Gasteiger partial charge in [0.15, 0.2) is 11.2 Å². The summed E-state index contributed by atoms with van der Waals surface area (Å²) in [5.41, 5.74) is 0.0529. The van der Waals surface area contributed by atoms with E-state index in [9.17, 15) is 29.6 Å². The Morgan fingerprint density at radius 1 is 1.18 bits per heavy atom. The number of aromatic amines is 1. The number of aromatic nitrogens is 3. The van der Waals surface area contributed by atoms with Crippen LogP contribution < -0.4 is 5.56 Å². The van der Waals surface area contributed by atoms with Crippen molar-refractivity contribution in [1.82, 2.24) is 15.0 Å². The minimum Gasteiger partial charge on any atom is -0.388 e. The molecule has 0 saturated carbocycles. The lowest BCUT2D eigenvalue weighted by molar-refractivity contribution is -0.0532. The average Bonchev–Trinajstić information content (AvgIpc) is 3.02. The van der Waals surface area contributed by atoms with E-state index in [1.165, 1.54) is 13.0 Å². The van der Waals surface area contributed by atoms with Crippen molar-refractivity contribution in [2.45, 2.75) is 96.2 Å². The number of ether oxygens (including phenoxy) is 1. The Morgan fingerprint density at radius 3 is 2.41 bits per heavy atom. The number of hydrogen-bond acceptors (Lipinski definition) is 9. The molecule has 0 aromatic carbocycles. The van der Waals surface area contributed by atoms with Crippen LogP contribution >= 0.6 is 7.60 Å². The number of pyridine rings is 1. The first-order valence-electron chi connectivity index (χ1n) is 11.3. The maximum absolute atomic E-state index is 12.7. The highest BCUT2D eigenvalue weighted by Crippen LogP contribution is 2.59. The van der Waals surface area contributed by atoms with Crippen LogP contribution in [0.3, 0.4) is 0 Å².